The summed E-state index contributed by atoms with van der Waals surface area (Å²) in [5, 5.41) is 3.89. The molecule has 0 saturated carbocycles. The molecule has 0 spiro atoms. The fourth-order valence-electron chi connectivity index (χ4n) is 3.73. The van der Waals surface area contributed by atoms with Crippen molar-refractivity contribution in [1.29, 1.82) is 0 Å². The van der Waals surface area contributed by atoms with Crippen molar-refractivity contribution >= 4 is 23.2 Å². The number of nitrogens with zero attached hydrogens (tertiary/aromatic N) is 1. The van der Waals surface area contributed by atoms with E-state index in [-0.39, 0.29) is 5.91 Å². The summed E-state index contributed by atoms with van der Waals surface area (Å²) in [6.45, 7) is 4.84. The van der Waals surface area contributed by atoms with Crippen molar-refractivity contribution in [2.24, 2.45) is 5.92 Å². The normalized spacial score (nSPS) is 16.2. The number of rotatable bonds is 8. The Morgan fingerprint density at radius 2 is 2.04 bits per heavy atom. The predicted octanol–water partition coefficient (Wildman–Crippen LogP) is 4.62. The Labute approximate surface area is 172 Å². The Bertz CT molecular complexity index is 792. The molecule has 4 nitrogen and oxygen atoms in total. The fourth-order valence-corrected chi connectivity index (χ4v) is 3.90. The standard InChI is InChI=1S/C23H29ClN2O2/c1-17-6-9-20(24)14-22(17)26-13-12-19(16-26)15-25-23(27)5-3-4-18-7-10-21(28-2)11-8-18/h6-11,14,19H,3-5,12-13,15-16H2,1-2H3,(H,25,27). The van der Waals surface area contributed by atoms with Gasteiger partial charge in [-0.05, 0) is 67.5 Å². The molecule has 1 aliphatic rings. The highest BCUT2D eigenvalue weighted by Gasteiger charge is 2.24. The van der Waals surface area contributed by atoms with Gasteiger partial charge >= 0.3 is 0 Å². The first-order valence-corrected chi connectivity index (χ1v) is 10.3. The molecule has 1 amide bonds. The molecule has 1 unspecified atom stereocenters. The number of benzene rings is 2. The summed E-state index contributed by atoms with van der Waals surface area (Å²) >= 11 is 6.15. The molecule has 0 aliphatic carbocycles. The van der Waals surface area contributed by atoms with Crippen molar-refractivity contribution in [2.45, 2.75) is 32.6 Å². The van der Waals surface area contributed by atoms with E-state index in [2.05, 4.69) is 35.3 Å². The third-order valence-corrected chi connectivity index (χ3v) is 5.65. The smallest absolute Gasteiger partial charge is 0.220 e. The highest BCUT2D eigenvalue weighted by molar-refractivity contribution is 6.30. The Hall–Kier alpha value is -2.20. The maximum atomic E-state index is 12.2. The highest BCUT2D eigenvalue weighted by Crippen LogP contribution is 2.29. The van der Waals surface area contributed by atoms with Gasteiger partial charge in [0, 0.05) is 36.8 Å². The van der Waals surface area contributed by atoms with Crippen LogP contribution in [0.5, 0.6) is 5.75 Å². The van der Waals surface area contributed by atoms with Crippen molar-refractivity contribution < 1.29 is 9.53 Å². The maximum Gasteiger partial charge on any atom is 0.220 e. The second-order valence-electron chi connectivity index (χ2n) is 7.54. The number of ether oxygens (including phenoxy) is 1. The van der Waals surface area contributed by atoms with Crippen LogP contribution in [-0.4, -0.2) is 32.7 Å². The van der Waals surface area contributed by atoms with Gasteiger partial charge in [-0.1, -0.05) is 29.8 Å². The third-order valence-electron chi connectivity index (χ3n) is 5.41. The molecule has 1 atom stereocenters. The van der Waals surface area contributed by atoms with E-state index in [1.165, 1.54) is 16.8 Å². The fraction of sp³-hybridized carbons (Fsp3) is 0.435. The average Bonchev–Trinajstić information content (AvgIpc) is 3.17. The number of aryl methyl sites for hydroxylation is 2. The first kappa shape index (κ1) is 20.5. The quantitative estimate of drug-likeness (QED) is 0.702. The van der Waals surface area contributed by atoms with Gasteiger partial charge in [0.1, 0.15) is 5.75 Å². The Morgan fingerprint density at radius 3 is 2.79 bits per heavy atom. The molecule has 0 aromatic heterocycles. The van der Waals surface area contributed by atoms with Crippen LogP contribution in [0.4, 0.5) is 5.69 Å². The summed E-state index contributed by atoms with van der Waals surface area (Å²) in [5.74, 6) is 1.50. The van der Waals surface area contributed by atoms with Crippen molar-refractivity contribution in [2.75, 3.05) is 31.6 Å². The predicted molar refractivity (Wildman–Crippen MR) is 115 cm³/mol. The Balaban J connectivity index is 1.37. The molecule has 1 aliphatic heterocycles. The molecular formula is C23H29ClN2O2. The van der Waals surface area contributed by atoms with Gasteiger partial charge < -0.3 is 15.0 Å². The third kappa shape index (κ3) is 5.65. The SMILES string of the molecule is COc1ccc(CCCC(=O)NCC2CCN(c3cc(Cl)ccc3C)C2)cc1. The van der Waals surface area contributed by atoms with Gasteiger partial charge in [-0.25, -0.2) is 0 Å². The molecule has 1 fully saturated rings. The van der Waals surface area contributed by atoms with Crippen LogP contribution in [0.2, 0.25) is 5.02 Å². The van der Waals surface area contributed by atoms with Gasteiger partial charge in [0.05, 0.1) is 7.11 Å². The van der Waals surface area contributed by atoms with Crippen LogP contribution >= 0.6 is 11.6 Å². The molecule has 3 rings (SSSR count). The van der Waals surface area contributed by atoms with Crippen LogP contribution in [0.3, 0.4) is 0 Å². The molecule has 0 radical (unpaired) electrons. The molecule has 150 valence electrons. The summed E-state index contributed by atoms with van der Waals surface area (Å²) in [5.41, 5.74) is 3.69. The van der Waals surface area contributed by atoms with Gasteiger partial charge in [0.25, 0.3) is 0 Å². The zero-order valence-electron chi connectivity index (χ0n) is 16.7. The average molecular weight is 401 g/mol. The summed E-state index contributed by atoms with van der Waals surface area (Å²) in [6.07, 6.45) is 3.42. The maximum absolute atomic E-state index is 12.2. The van der Waals surface area contributed by atoms with Crippen molar-refractivity contribution in [3.8, 4) is 5.75 Å². The van der Waals surface area contributed by atoms with Crippen LogP contribution in [0, 0.1) is 12.8 Å². The zero-order valence-corrected chi connectivity index (χ0v) is 17.5. The van der Waals surface area contributed by atoms with Crippen LogP contribution in [0.1, 0.15) is 30.4 Å². The van der Waals surface area contributed by atoms with E-state index in [0.29, 0.717) is 12.3 Å². The number of hydrogen-bond acceptors (Lipinski definition) is 3. The van der Waals surface area contributed by atoms with Crippen molar-refractivity contribution in [1.82, 2.24) is 5.32 Å². The molecule has 1 heterocycles. The Morgan fingerprint density at radius 1 is 1.25 bits per heavy atom. The second kappa shape index (κ2) is 9.83. The number of carbonyl (C=O) groups is 1. The van der Waals surface area contributed by atoms with Gasteiger partial charge in [-0.2, -0.15) is 0 Å². The van der Waals surface area contributed by atoms with Crippen molar-refractivity contribution in [3.05, 3.63) is 58.6 Å². The first-order valence-electron chi connectivity index (χ1n) is 9.96. The lowest BCUT2D eigenvalue weighted by atomic mass is 10.1. The lowest BCUT2D eigenvalue weighted by Crippen LogP contribution is -2.31. The lowest BCUT2D eigenvalue weighted by Gasteiger charge is -2.21. The van der Waals surface area contributed by atoms with E-state index in [0.717, 1.165) is 49.7 Å². The molecule has 5 heteroatoms. The minimum Gasteiger partial charge on any atom is -0.497 e. The molecular weight excluding hydrogens is 372 g/mol. The summed E-state index contributed by atoms with van der Waals surface area (Å²) in [4.78, 5) is 14.6. The monoisotopic (exact) mass is 400 g/mol. The van der Waals surface area contributed by atoms with Gasteiger partial charge in [-0.3, -0.25) is 4.79 Å². The van der Waals surface area contributed by atoms with E-state index >= 15 is 0 Å². The van der Waals surface area contributed by atoms with Gasteiger partial charge in [-0.15, -0.1) is 0 Å². The number of halogens is 1. The number of methoxy groups -OCH3 is 1. The minimum atomic E-state index is 0.144. The number of nitrogens with one attached hydrogen (secondary N) is 1. The van der Waals surface area contributed by atoms with Gasteiger partial charge in [0.15, 0.2) is 0 Å². The number of amides is 1. The Kier molecular flexibility index (Phi) is 7.21. The summed E-state index contributed by atoms with van der Waals surface area (Å²) < 4.78 is 5.17. The second-order valence-corrected chi connectivity index (χ2v) is 7.97. The summed E-state index contributed by atoms with van der Waals surface area (Å²) in [7, 11) is 1.67. The van der Waals surface area contributed by atoms with E-state index in [9.17, 15) is 4.79 Å². The van der Waals surface area contributed by atoms with Gasteiger partial charge in [0.2, 0.25) is 5.91 Å². The number of carbonyl (C=O) groups excluding carboxylic acids is 1. The molecule has 2 aromatic rings. The van der Waals surface area contributed by atoms with Crippen LogP contribution in [0.15, 0.2) is 42.5 Å². The lowest BCUT2D eigenvalue weighted by molar-refractivity contribution is -0.121. The molecule has 2 aromatic carbocycles. The molecule has 1 N–H and O–H groups in total. The minimum absolute atomic E-state index is 0.144. The highest BCUT2D eigenvalue weighted by atomic mass is 35.5. The largest absolute Gasteiger partial charge is 0.497 e. The van der Waals surface area contributed by atoms with Crippen LogP contribution in [-0.2, 0) is 11.2 Å². The molecule has 0 bridgehead atoms. The topological polar surface area (TPSA) is 41.6 Å². The summed E-state index contributed by atoms with van der Waals surface area (Å²) in [6, 6.07) is 14.1. The van der Waals surface area contributed by atoms with E-state index < -0.39 is 0 Å². The van der Waals surface area contributed by atoms with E-state index in [1.54, 1.807) is 7.11 Å². The van der Waals surface area contributed by atoms with Crippen LogP contribution < -0.4 is 15.0 Å². The first-order chi connectivity index (χ1) is 13.5. The van der Waals surface area contributed by atoms with E-state index in [4.69, 9.17) is 16.3 Å². The molecule has 28 heavy (non-hydrogen) atoms. The zero-order chi connectivity index (χ0) is 19.9. The van der Waals surface area contributed by atoms with E-state index in [1.807, 2.05) is 24.3 Å². The number of anilines is 1. The van der Waals surface area contributed by atoms with Crippen molar-refractivity contribution in [3.63, 3.8) is 0 Å². The number of hydrogen-bond donors (Lipinski definition) is 1. The van der Waals surface area contributed by atoms with Crippen LogP contribution in [0.25, 0.3) is 0 Å². The molecule has 1 saturated heterocycles.